The van der Waals surface area contributed by atoms with Gasteiger partial charge in [-0.15, -0.1) is 0 Å². The zero-order valence-electron chi connectivity index (χ0n) is 14.0. The van der Waals surface area contributed by atoms with E-state index < -0.39 is 10.8 Å². The van der Waals surface area contributed by atoms with Crippen molar-refractivity contribution in [1.82, 2.24) is 0 Å². The SMILES string of the molecule is Cc1oc(-c2ccc(Cl)cc2[N+](=O)[O-])cc1C(=O)Nc1ccccc1C#N. The van der Waals surface area contributed by atoms with E-state index >= 15 is 0 Å². The maximum Gasteiger partial charge on any atom is 0.281 e. The fourth-order valence-corrected chi connectivity index (χ4v) is 2.75. The van der Waals surface area contributed by atoms with Crippen LogP contribution in [0.1, 0.15) is 21.7 Å². The molecular weight excluding hydrogens is 370 g/mol. The van der Waals surface area contributed by atoms with Crippen molar-refractivity contribution in [3.8, 4) is 17.4 Å². The number of aryl methyl sites for hydroxylation is 1. The van der Waals surface area contributed by atoms with Gasteiger partial charge in [0.05, 0.1) is 27.3 Å². The van der Waals surface area contributed by atoms with E-state index in [9.17, 15) is 14.9 Å². The van der Waals surface area contributed by atoms with Gasteiger partial charge in [-0.05, 0) is 37.3 Å². The van der Waals surface area contributed by atoms with Crippen molar-refractivity contribution < 1.29 is 14.1 Å². The molecule has 0 aliphatic rings. The van der Waals surface area contributed by atoms with E-state index in [1.807, 2.05) is 6.07 Å². The third-order valence-electron chi connectivity index (χ3n) is 3.88. The molecule has 1 heterocycles. The fraction of sp³-hybridized carbons (Fsp3) is 0.0526. The Balaban J connectivity index is 1.97. The summed E-state index contributed by atoms with van der Waals surface area (Å²) in [7, 11) is 0. The number of nitro benzene ring substituents is 1. The standard InChI is InChI=1S/C19H12ClN3O4/c1-11-15(19(24)22-16-5-3-2-4-12(16)10-21)9-18(27-11)14-7-6-13(20)8-17(14)23(25)26/h2-9H,1H3,(H,22,24). The second-order valence-electron chi connectivity index (χ2n) is 5.61. The van der Waals surface area contributed by atoms with Crippen molar-refractivity contribution in [2.24, 2.45) is 0 Å². The molecule has 0 fully saturated rings. The summed E-state index contributed by atoms with van der Waals surface area (Å²) in [6.07, 6.45) is 0. The van der Waals surface area contributed by atoms with Gasteiger partial charge in [0.1, 0.15) is 17.6 Å². The van der Waals surface area contributed by atoms with Crippen LogP contribution < -0.4 is 5.32 Å². The smallest absolute Gasteiger partial charge is 0.281 e. The van der Waals surface area contributed by atoms with Crippen molar-refractivity contribution in [3.63, 3.8) is 0 Å². The largest absolute Gasteiger partial charge is 0.460 e. The molecular formula is C19H12ClN3O4. The second-order valence-corrected chi connectivity index (χ2v) is 6.05. The summed E-state index contributed by atoms with van der Waals surface area (Å²) in [5.41, 5.74) is 0.884. The van der Waals surface area contributed by atoms with Crippen molar-refractivity contribution in [1.29, 1.82) is 5.26 Å². The highest BCUT2D eigenvalue weighted by Crippen LogP contribution is 2.34. The van der Waals surface area contributed by atoms with E-state index in [0.717, 1.165) is 0 Å². The van der Waals surface area contributed by atoms with E-state index in [-0.39, 0.29) is 27.6 Å². The van der Waals surface area contributed by atoms with Gasteiger partial charge in [-0.25, -0.2) is 0 Å². The molecule has 134 valence electrons. The molecule has 2 aromatic carbocycles. The first-order valence-corrected chi connectivity index (χ1v) is 8.13. The summed E-state index contributed by atoms with van der Waals surface area (Å²) in [6.45, 7) is 1.58. The predicted molar refractivity (Wildman–Crippen MR) is 99.7 cm³/mol. The predicted octanol–water partition coefficient (Wildman–Crippen LogP) is 4.94. The summed E-state index contributed by atoms with van der Waals surface area (Å²) in [4.78, 5) is 23.3. The van der Waals surface area contributed by atoms with Gasteiger partial charge in [0.2, 0.25) is 0 Å². The second kappa shape index (κ2) is 7.32. The first-order chi connectivity index (χ1) is 12.9. The number of rotatable bonds is 4. The summed E-state index contributed by atoms with van der Waals surface area (Å²) >= 11 is 5.83. The zero-order chi connectivity index (χ0) is 19.6. The van der Waals surface area contributed by atoms with Gasteiger partial charge in [0.15, 0.2) is 0 Å². The van der Waals surface area contributed by atoms with Crippen LogP contribution in [0.3, 0.4) is 0 Å². The first kappa shape index (κ1) is 18.2. The highest BCUT2D eigenvalue weighted by molar-refractivity contribution is 6.30. The molecule has 0 unspecified atom stereocenters. The number of anilines is 1. The number of carbonyl (C=O) groups is 1. The van der Waals surface area contributed by atoms with Crippen LogP contribution in [-0.4, -0.2) is 10.8 Å². The molecule has 3 aromatic rings. The van der Waals surface area contributed by atoms with Crippen LogP contribution in [0.2, 0.25) is 5.02 Å². The molecule has 3 rings (SSSR count). The Hall–Kier alpha value is -3.63. The average Bonchev–Trinajstić information content (AvgIpc) is 3.03. The van der Waals surface area contributed by atoms with E-state index in [2.05, 4.69) is 5.32 Å². The molecule has 1 aromatic heterocycles. The van der Waals surface area contributed by atoms with Crippen LogP contribution in [-0.2, 0) is 0 Å². The third-order valence-corrected chi connectivity index (χ3v) is 4.12. The van der Waals surface area contributed by atoms with Crippen molar-refractivity contribution in [3.05, 3.63) is 80.6 Å². The molecule has 27 heavy (non-hydrogen) atoms. The van der Waals surface area contributed by atoms with Gasteiger partial charge >= 0.3 is 0 Å². The van der Waals surface area contributed by atoms with Crippen LogP contribution in [0.5, 0.6) is 0 Å². The lowest BCUT2D eigenvalue weighted by molar-refractivity contribution is -0.384. The number of halogens is 1. The molecule has 0 aliphatic carbocycles. The molecule has 0 saturated carbocycles. The molecule has 1 N–H and O–H groups in total. The minimum atomic E-state index is -0.567. The topological polar surface area (TPSA) is 109 Å². The van der Waals surface area contributed by atoms with Crippen LogP contribution in [0.4, 0.5) is 11.4 Å². The molecule has 0 radical (unpaired) electrons. The van der Waals surface area contributed by atoms with Crippen LogP contribution in [0.25, 0.3) is 11.3 Å². The Morgan fingerprint density at radius 1 is 1.26 bits per heavy atom. The van der Waals surface area contributed by atoms with Gasteiger partial charge in [0.25, 0.3) is 11.6 Å². The number of hydrogen-bond acceptors (Lipinski definition) is 5. The van der Waals surface area contributed by atoms with Crippen LogP contribution in [0, 0.1) is 28.4 Å². The molecule has 0 aliphatic heterocycles. The lowest BCUT2D eigenvalue weighted by Gasteiger charge is -2.05. The Labute approximate surface area is 158 Å². The number of nitriles is 1. The quantitative estimate of drug-likeness (QED) is 0.508. The molecule has 0 atom stereocenters. The third kappa shape index (κ3) is 3.66. The summed E-state index contributed by atoms with van der Waals surface area (Å²) in [6, 6.07) is 14.2. The van der Waals surface area contributed by atoms with E-state index in [1.54, 1.807) is 31.2 Å². The van der Waals surface area contributed by atoms with E-state index in [1.165, 1.54) is 24.3 Å². The summed E-state index contributed by atoms with van der Waals surface area (Å²) in [5, 5.41) is 23.3. The highest BCUT2D eigenvalue weighted by Gasteiger charge is 2.22. The van der Waals surface area contributed by atoms with Gasteiger partial charge in [-0.3, -0.25) is 14.9 Å². The Bertz CT molecular complexity index is 1100. The van der Waals surface area contributed by atoms with Crippen LogP contribution >= 0.6 is 11.6 Å². The number of amides is 1. The van der Waals surface area contributed by atoms with Gasteiger partial charge in [-0.2, -0.15) is 5.26 Å². The maximum atomic E-state index is 12.6. The molecule has 0 saturated heterocycles. The maximum absolute atomic E-state index is 12.6. The average molecular weight is 382 g/mol. The Morgan fingerprint density at radius 2 is 2.00 bits per heavy atom. The van der Waals surface area contributed by atoms with Crippen molar-refractivity contribution in [2.45, 2.75) is 6.92 Å². The first-order valence-electron chi connectivity index (χ1n) is 7.76. The molecule has 8 heteroatoms. The molecule has 1 amide bonds. The number of carbonyl (C=O) groups excluding carboxylic acids is 1. The minimum Gasteiger partial charge on any atom is -0.460 e. The van der Waals surface area contributed by atoms with Gasteiger partial charge < -0.3 is 9.73 Å². The van der Waals surface area contributed by atoms with E-state index in [4.69, 9.17) is 21.3 Å². The molecule has 0 bridgehead atoms. The number of para-hydroxylation sites is 1. The number of nitrogens with zero attached hydrogens (tertiary/aromatic N) is 2. The molecule has 7 nitrogen and oxygen atoms in total. The number of hydrogen-bond donors (Lipinski definition) is 1. The lowest BCUT2D eigenvalue weighted by Crippen LogP contribution is -2.13. The number of nitrogens with one attached hydrogen (secondary N) is 1. The van der Waals surface area contributed by atoms with Crippen molar-refractivity contribution >= 4 is 28.9 Å². The number of furan rings is 1. The van der Waals surface area contributed by atoms with E-state index in [0.29, 0.717) is 17.0 Å². The monoisotopic (exact) mass is 381 g/mol. The zero-order valence-corrected chi connectivity index (χ0v) is 14.8. The van der Waals surface area contributed by atoms with Crippen molar-refractivity contribution in [2.75, 3.05) is 5.32 Å². The minimum absolute atomic E-state index is 0.176. The van der Waals surface area contributed by atoms with Crippen LogP contribution in [0.15, 0.2) is 52.9 Å². The summed E-state index contributed by atoms with van der Waals surface area (Å²) in [5.74, 6) is -0.0161. The highest BCUT2D eigenvalue weighted by atomic mass is 35.5. The summed E-state index contributed by atoms with van der Waals surface area (Å²) < 4.78 is 5.57. The Kier molecular flexibility index (Phi) is 4.92. The lowest BCUT2D eigenvalue weighted by atomic mass is 10.1. The molecule has 0 spiro atoms. The van der Waals surface area contributed by atoms with Gasteiger partial charge in [-0.1, -0.05) is 23.7 Å². The normalized spacial score (nSPS) is 10.3. The van der Waals surface area contributed by atoms with Gasteiger partial charge in [0, 0.05) is 11.1 Å². The number of nitro groups is 1. The number of benzene rings is 2. The fourth-order valence-electron chi connectivity index (χ4n) is 2.58. The Morgan fingerprint density at radius 3 is 2.70 bits per heavy atom.